The van der Waals surface area contributed by atoms with Crippen LogP contribution in [0.15, 0.2) is 53.1 Å². The Hall–Kier alpha value is -3.15. The van der Waals surface area contributed by atoms with Gasteiger partial charge in [0.15, 0.2) is 0 Å². The molecule has 6 heteroatoms. The van der Waals surface area contributed by atoms with Crippen LogP contribution in [0.2, 0.25) is 0 Å². The number of amides is 1. The van der Waals surface area contributed by atoms with Gasteiger partial charge in [0.1, 0.15) is 0 Å². The Kier molecular flexibility index (Phi) is 4.99. The lowest BCUT2D eigenvalue weighted by Crippen LogP contribution is -2.48. The standard InChI is InChI=1S/C24H26N4O2/c1-17-4-2-7-20(16-17)24(29)28-14-12-27(13-15-28)21-10-8-18(9-11-21)22-25-23(30-26-22)19-5-3-6-19/h2,4,7-11,16,19H,3,5-6,12-15H2,1H3. The summed E-state index contributed by atoms with van der Waals surface area (Å²) in [7, 11) is 0. The van der Waals surface area contributed by atoms with E-state index in [1.54, 1.807) is 0 Å². The summed E-state index contributed by atoms with van der Waals surface area (Å²) in [4.78, 5) is 21.6. The Balaban J connectivity index is 1.21. The molecule has 0 N–H and O–H groups in total. The highest BCUT2D eigenvalue weighted by molar-refractivity contribution is 5.94. The van der Waals surface area contributed by atoms with Gasteiger partial charge in [0.25, 0.3) is 5.91 Å². The number of carbonyl (C=O) groups excluding carboxylic acids is 1. The number of nitrogens with zero attached hydrogens (tertiary/aromatic N) is 4. The Morgan fingerprint density at radius 2 is 1.80 bits per heavy atom. The predicted octanol–water partition coefficient (Wildman–Crippen LogP) is 4.27. The van der Waals surface area contributed by atoms with Crippen molar-refractivity contribution in [2.24, 2.45) is 0 Å². The van der Waals surface area contributed by atoms with Crippen molar-refractivity contribution in [3.63, 3.8) is 0 Å². The Morgan fingerprint density at radius 1 is 1.03 bits per heavy atom. The van der Waals surface area contributed by atoms with Crippen molar-refractivity contribution in [3.8, 4) is 11.4 Å². The van der Waals surface area contributed by atoms with Gasteiger partial charge in [-0.25, -0.2) is 0 Å². The van der Waals surface area contributed by atoms with Crippen LogP contribution in [0.25, 0.3) is 11.4 Å². The molecule has 0 bridgehead atoms. The van der Waals surface area contributed by atoms with Gasteiger partial charge < -0.3 is 14.3 Å². The van der Waals surface area contributed by atoms with E-state index in [-0.39, 0.29) is 5.91 Å². The van der Waals surface area contributed by atoms with Crippen LogP contribution in [0, 0.1) is 6.92 Å². The molecule has 2 aliphatic rings. The number of aromatic nitrogens is 2. The van der Waals surface area contributed by atoms with Crippen molar-refractivity contribution in [3.05, 3.63) is 65.5 Å². The average molecular weight is 402 g/mol. The summed E-state index contributed by atoms with van der Waals surface area (Å²) < 4.78 is 5.44. The van der Waals surface area contributed by atoms with Crippen molar-refractivity contribution in [2.75, 3.05) is 31.1 Å². The summed E-state index contributed by atoms with van der Waals surface area (Å²) in [5.74, 6) is 2.00. The molecule has 2 aromatic carbocycles. The normalized spacial score (nSPS) is 17.1. The van der Waals surface area contributed by atoms with Crippen molar-refractivity contribution < 1.29 is 9.32 Å². The van der Waals surface area contributed by atoms with Crippen LogP contribution < -0.4 is 4.90 Å². The lowest BCUT2D eigenvalue weighted by atomic mass is 9.85. The fourth-order valence-corrected chi connectivity index (χ4v) is 4.12. The number of hydrogen-bond acceptors (Lipinski definition) is 5. The van der Waals surface area contributed by atoms with Gasteiger partial charge in [-0.3, -0.25) is 4.79 Å². The van der Waals surface area contributed by atoms with Crippen molar-refractivity contribution in [2.45, 2.75) is 32.1 Å². The summed E-state index contributed by atoms with van der Waals surface area (Å²) in [6.45, 7) is 5.12. The summed E-state index contributed by atoms with van der Waals surface area (Å²) >= 11 is 0. The van der Waals surface area contributed by atoms with E-state index >= 15 is 0 Å². The van der Waals surface area contributed by atoms with E-state index < -0.39 is 0 Å². The zero-order valence-electron chi connectivity index (χ0n) is 17.3. The van der Waals surface area contributed by atoms with E-state index in [1.165, 1.54) is 6.42 Å². The highest BCUT2D eigenvalue weighted by atomic mass is 16.5. The molecule has 6 nitrogen and oxygen atoms in total. The fourth-order valence-electron chi connectivity index (χ4n) is 4.12. The third-order valence-electron chi connectivity index (χ3n) is 6.22. The maximum absolute atomic E-state index is 12.8. The van der Waals surface area contributed by atoms with Gasteiger partial charge in [-0.15, -0.1) is 0 Å². The zero-order chi connectivity index (χ0) is 20.5. The van der Waals surface area contributed by atoms with Crippen LogP contribution in [0.3, 0.4) is 0 Å². The van der Waals surface area contributed by atoms with Crippen LogP contribution in [-0.2, 0) is 0 Å². The van der Waals surface area contributed by atoms with E-state index in [2.05, 4.69) is 39.3 Å². The molecule has 3 aromatic rings. The first-order chi connectivity index (χ1) is 14.7. The van der Waals surface area contributed by atoms with Crippen LogP contribution in [0.1, 0.15) is 47.0 Å². The number of anilines is 1. The number of rotatable bonds is 4. The minimum absolute atomic E-state index is 0.119. The van der Waals surface area contributed by atoms with Crippen LogP contribution in [0.4, 0.5) is 5.69 Å². The number of carbonyl (C=O) groups is 1. The molecule has 0 spiro atoms. The topological polar surface area (TPSA) is 62.5 Å². The summed E-state index contributed by atoms with van der Waals surface area (Å²) in [6, 6.07) is 16.1. The first-order valence-corrected chi connectivity index (χ1v) is 10.7. The lowest BCUT2D eigenvalue weighted by molar-refractivity contribution is 0.0746. The number of benzene rings is 2. The highest BCUT2D eigenvalue weighted by Crippen LogP contribution is 2.36. The van der Waals surface area contributed by atoms with Gasteiger partial charge in [-0.2, -0.15) is 4.98 Å². The molecule has 1 aliphatic heterocycles. The van der Waals surface area contributed by atoms with Gasteiger partial charge in [-0.05, 0) is 56.2 Å². The first kappa shape index (κ1) is 18.9. The summed E-state index contributed by atoms with van der Waals surface area (Å²) in [5.41, 5.74) is 4.01. The van der Waals surface area contributed by atoms with E-state index in [9.17, 15) is 4.79 Å². The molecule has 1 saturated heterocycles. The van der Waals surface area contributed by atoms with E-state index in [0.29, 0.717) is 11.7 Å². The molecule has 30 heavy (non-hydrogen) atoms. The smallest absolute Gasteiger partial charge is 0.253 e. The van der Waals surface area contributed by atoms with Gasteiger partial charge >= 0.3 is 0 Å². The molecule has 0 radical (unpaired) electrons. The Labute approximate surface area is 176 Å². The van der Waals surface area contributed by atoms with E-state index in [0.717, 1.165) is 67.3 Å². The summed E-state index contributed by atoms with van der Waals surface area (Å²) in [5, 5.41) is 4.15. The second-order valence-corrected chi connectivity index (χ2v) is 8.28. The minimum Gasteiger partial charge on any atom is -0.368 e. The van der Waals surface area contributed by atoms with Gasteiger partial charge in [0.05, 0.1) is 0 Å². The Bertz CT molecular complexity index is 1030. The van der Waals surface area contributed by atoms with E-state index in [1.807, 2.05) is 36.1 Å². The third-order valence-corrected chi connectivity index (χ3v) is 6.22. The van der Waals surface area contributed by atoms with Crippen molar-refractivity contribution in [1.82, 2.24) is 15.0 Å². The van der Waals surface area contributed by atoms with E-state index in [4.69, 9.17) is 4.52 Å². The quantitative estimate of drug-likeness (QED) is 0.652. The molecule has 0 atom stereocenters. The van der Waals surface area contributed by atoms with Crippen LogP contribution in [0.5, 0.6) is 0 Å². The molecule has 0 unspecified atom stereocenters. The molecule has 5 rings (SSSR count). The zero-order valence-corrected chi connectivity index (χ0v) is 17.3. The second-order valence-electron chi connectivity index (χ2n) is 8.28. The number of aryl methyl sites for hydroxylation is 1. The van der Waals surface area contributed by atoms with Crippen molar-refractivity contribution in [1.29, 1.82) is 0 Å². The molecule has 1 aromatic heterocycles. The monoisotopic (exact) mass is 402 g/mol. The molecule has 154 valence electrons. The fraction of sp³-hybridized carbons (Fsp3) is 0.375. The average Bonchev–Trinajstić information content (AvgIpc) is 3.22. The predicted molar refractivity (Wildman–Crippen MR) is 116 cm³/mol. The SMILES string of the molecule is Cc1cccc(C(=O)N2CCN(c3ccc(-c4noc(C5CCC5)n4)cc3)CC2)c1. The molecule has 2 heterocycles. The molecular weight excluding hydrogens is 376 g/mol. The molecule has 1 aliphatic carbocycles. The first-order valence-electron chi connectivity index (χ1n) is 10.7. The highest BCUT2D eigenvalue weighted by Gasteiger charge is 2.26. The second kappa shape index (κ2) is 7.94. The van der Waals surface area contributed by atoms with Crippen molar-refractivity contribution >= 4 is 11.6 Å². The van der Waals surface area contributed by atoms with Crippen LogP contribution >= 0.6 is 0 Å². The molecular formula is C24H26N4O2. The lowest BCUT2D eigenvalue weighted by Gasteiger charge is -2.36. The Morgan fingerprint density at radius 3 is 2.47 bits per heavy atom. The third kappa shape index (κ3) is 3.70. The molecule has 1 saturated carbocycles. The van der Waals surface area contributed by atoms with Gasteiger partial charge in [-0.1, -0.05) is 29.3 Å². The largest absolute Gasteiger partial charge is 0.368 e. The number of piperazine rings is 1. The van der Waals surface area contributed by atoms with Gasteiger partial charge in [0, 0.05) is 48.9 Å². The van der Waals surface area contributed by atoms with Crippen LogP contribution in [-0.4, -0.2) is 47.1 Å². The molecule has 2 fully saturated rings. The summed E-state index contributed by atoms with van der Waals surface area (Å²) in [6.07, 6.45) is 3.55. The van der Waals surface area contributed by atoms with Gasteiger partial charge in [0.2, 0.25) is 11.7 Å². The maximum Gasteiger partial charge on any atom is 0.253 e. The molecule has 1 amide bonds. The minimum atomic E-state index is 0.119. The number of hydrogen-bond donors (Lipinski definition) is 0. The maximum atomic E-state index is 12.8.